The summed E-state index contributed by atoms with van der Waals surface area (Å²) < 4.78 is 37.6. The maximum atomic E-state index is 13.5. The first kappa shape index (κ1) is 29.0. The Labute approximate surface area is 258 Å². The molecular weight excluding hydrogens is 632 g/mol. The lowest BCUT2D eigenvalue weighted by molar-refractivity contribution is 0.0951. The highest BCUT2D eigenvalue weighted by Crippen LogP contribution is 2.40. The number of carbonyl (C=O) groups excluding carboxylic acids is 1. The van der Waals surface area contributed by atoms with Gasteiger partial charge in [-0.25, -0.2) is 8.42 Å². The molecule has 0 radical (unpaired) electrons. The van der Waals surface area contributed by atoms with Crippen molar-refractivity contribution in [2.45, 2.75) is 30.3 Å². The quantitative estimate of drug-likeness (QED) is 0.276. The van der Waals surface area contributed by atoms with Crippen molar-refractivity contribution in [3.8, 4) is 5.75 Å². The average Bonchev–Trinajstić information content (AvgIpc) is 3.00. The van der Waals surface area contributed by atoms with Crippen LogP contribution in [-0.2, 0) is 23.1 Å². The number of hydrogen-bond donors (Lipinski definition) is 2. The van der Waals surface area contributed by atoms with Crippen LogP contribution in [0.3, 0.4) is 0 Å². The molecule has 222 valence electrons. The van der Waals surface area contributed by atoms with Crippen molar-refractivity contribution in [1.29, 1.82) is 0 Å². The number of methoxy groups -OCH3 is 1. The summed E-state index contributed by atoms with van der Waals surface area (Å²) in [6, 6.07) is 24.3. The van der Waals surface area contributed by atoms with Gasteiger partial charge in [0.25, 0.3) is 21.5 Å². The lowest BCUT2D eigenvalue weighted by Crippen LogP contribution is -2.47. The topological polar surface area (TPSA) is 110 Å². The van der Waals surface area contributed by atoms with E-state index in [4.69, 9.17) is 4.74 Å². The molecule has 2 aliphatic heterocycles. The van der Waals surface area contributed by atoms with E-state index in [9.17, 15) is 18.0 Å². The number of fused-ring (bicyclic) bond motifs is 4. The van der Waals surface area contributed by atoms with Crippen molar-refractivity contribution in [3.63, 3.8) is 0 Å². The molecule has 2 bridgehead atoms. The molecule has 4 aromatic rings. The summed E-state index contributed by atoms with van der Waals surface area (Å²) in [5.74, 6) is 0.764. The summed E-state index contributed by atoms with van der Waals surface area (Å²) in [6.45, 7) is 2.20. The number of rotatable bonds is 8. The zero-order chi connectivity index (χ0) is 30.1. The van der Waals surface area contributed by atoms with Gasteiger partial charge >= 0.3 is 0 Å². The first-order valence-electron chi connectivity index (χ1n) is 14.0. The molecule has 2 aliphatic rings. The van der Waals surface area contributed by atoms with E-state index < -0.39 is 10.0 Å². The second kappa shape index (κ2) is 11.9. The molecule has 43 heavy (non-hydrogen) atoms. The molecule has 0 spiro atoms. The van der Waals surface area contributed by atoms with Crippen molar-refractivity contribution in [2.24, 2.45) is 5.92 Å². The second-order valence-corrected chi connectivity index (χ2v) is 13.5. The summed E-state index contributed by atoms with van der Waals surface area (Å²) in [5.41, 5.74) is 3.26. The maximum Gasteiger partial charge on any atom is 0.261 e. The van der Waals surface area contributed by atoms with E-state index in [1.807, 2.05) is 34.9 Å². The fourth-order valence-corrected chi connectivity index (χ4v) is 7.30. The number of aromatic nitrogens is 1. The van der Waals surface area contributed by atoms with Crippen LogP contribution in [-0.4, -0.2) is 39.1 Å². The third-order valence-electron chi connectivity index (χ3n) is 8.06. The number of halogens is 1. The van der Waals surface area contributed by atoms with E-state index in [1.54, 1.807) is 49.6 Å². The Balaban J connectivity index is 1.30. The van der Waals surface area contributed by atoms with Crippen LogP contribution in [0.4, 0.5) is 11.4 Å². The van der Waals surface area contributed by atoms with E-state index in [-0.39, 0.29) is 28.2 Å². The molecule has 2 N–H and O–H groups in total. The molecule has 1 aromatic heterocycles. The summed E-state index contributed by atoms with van der Waals surface area (Å²) in [4.78, 5) is 28.0. The highest BCUT2D eigenvalue weighted by molar-refractivity contribution is 9.10. The van der Waals surface area contributed by atoms with Crippen LogP contribution in [0.5, 0.6) is 5.75 Å². The van der Waals surface area contributed by atoms with Gasteiger partial charge in [0.1, 0.15) is 5.75 Å². The molecule has 6 rings (SSSR count). The van der Waals surface area contributed by atoms with Gasteiger partial charge in [-0.2, -0.15) is 0 Å². The highest BCUT2D eigenvalue weighted by Gasteiger charge is 2.35. The number of piperidine rings is 1. The zero-order valence-electron chi connectivity index (χ0n) is 23.5. The number of sulfonamides is 1. The molecule has 1 amide bonds. The van der Waals surface area contributed by atoms with Crippen LogP contribution in [0.25, 0.3) is 0 Å². The van der Waals surface area contributed by atoms with Gasteiger partial charge in [-0.15, -0.1) is 0 Å². The summed E-state index contributed by atoms with van der Waals surface area (Å²) in [6.07, 6.45) is 0.964. The summed E-state index contributed by atoms with van der Waals surface area (Å²) in [7, 11) is -2.36. The highest BCUT2D eigenvalue weighted by atomic mass is 79.9. The summed E-state index contributed by atoms with van der Waals surface area (Å²) >= 11 is 3.35. The minimum absolute atomic E-state index is 0.00797. The molecule has 9 nitrogen and oxygen atoms in total. The van der Waals surface area contributed by atoms with Gasteiger partial charge in [0.05, 0.1) is 23.4 Å². The van der Waals surface area contributed by atoms with Crippen molar-refractivity contribution < 1.29 is 17.9 Å². The smallest absolute Gasteiger partial charge is 0.261 e. The Morgan fingerprint density at radius 1 is 0.977 bits per heavy atom. The molecule has 0 aliphatic carbocycles. The number of ether oxygens (including phenoxy) is 1. The Morgan fingerprint density at radius 3 is 2.49 bits per heavy atom. The molecule has 0 unspecified atom stereocenters. The molecule has 1 fully saturated rings. The first-order chi connectivity index (χ1) is 20.7. The molecule has 3 aromatic carbocycles. The Bertz CT molecular complexity index is 1820. The van der Waals surface area contributed by atoms with Gasteiger partial charge in [0.2, 0.25) is 0 Å². The van der Waals surface area contributed by atoms with Gasteiger partial charge in [0.15, 0.2) is 0 Å². The molecule has 3 heterocycles. The predicted molar refractivity (Wildman–Crippen MR) is 169 cm³/mol. The van der Waals surface area contributed by atoms with Crippen LogP contribution >= 0.6 is 15.9 Å². The van der Waals surface area contributed by atoms with E-state index in [0.717, 1.165) is 27.9 Å². The van der Waals surface area contributed by atoms with Crippen LogP contribution < -0.4 is 25.2 Å². The molecule has 1 saturated heterocycles. The van der Waals surface area contributed by atoms with Crippen molar-refractivity contribution in [2.75, 3.05) is 29.8 Å². The van der Waals surface area contributed by atoms with Crippen molar-refractivity contribution in [3.05, 3.63) is 117 Å². The van der Waals surface area contributed by atoms with Crippen molar-refractivity contribution in [1.82, 2.24) is 9.88 Å². The Hall–Kier alpha value is -4.09. The van der Waals surface area contributed by atoms with Crippen LogP contribution in [0.2, 0.25) is 0 Å². The fraction of sp³-hybridized carbons (Fsp3) is 0.250. The number of anilines is 2. The van der Waals surface area contributed by atoms with E-state index in [0.29, 0.717) is 43.1 Å². The summed E-state index contributed by atoms with van der Waals surface area (Å²) in [5, 5.41) is 2.92. The van der Waals surface area contributed by atoms with Gasteiger partial charge in [-0.05, 0) is 78.6 Å². The first-order valence-corrected chi connectivity index (χ1v) is 16.3. The Morgan fingerprint density at radius 2 is 1.74 bits per heavy atom. The van der Waals surface area contributed by atoms with Crippen molar-refractivity contribution >= 4 is 43.2 Å². The largest absolute Gasteiger partial charge is 0.497 e. The second-order valence-electron chi connectivity index (χ2n) is 10.9. The van der Waals surface area contributed by atoms with Crippen LogP contribution in [0.15, 0.2) is 99.1 Å². The number of nitrogens with one attached hydrogen (secondary N) is 2. The van der Waals surface area contributed by atoms with E-state index >= 15 is 0 Å². The predicted octanol–water partition coefficient (Wildman–Crippen LogP) is 4.97. The van der Waals surface area contributed by atoms with Crippen LogP contribution in [0.1, 0.15) is 34.0 Å². The average molecular weight is 664 g/mol. The zero-order valence-corrected chi connectivity index (χ0v) is 25.9. The third-order valence-corrected chi connectivity index (χ3v) is 9.97. The van der Waals surface area contributed by atoms with Crippen LogP contribution in [0, 0.1) is 5.92 Å². The molecular formula is C32H31BrN4O5S. The number of hydrogen-bond acceptors (Lipinski definition) is 6. The van der Waals surface area contributed by atoms with Gasteiger partial charge < -0.3 is 19.5 Å². The third kappa shape index (κ3) is 6.18. The lowest BCUT2D eigenvalue weighted by atomic mass is 9.83. The Kier molecular flexibility index (Phi) is 8.02. The number of carbonyl (C=O) groups is 1. The number of pyridine rings is 1. The molecule has 2 atom stereocenters. The number of benzene rings is 3. The minimum Gasteiger partial charge on any atom is -0.497 e. The number of amides is 1. The van der Waals surface area contributed by atoms with E-state index in [1.165, 1.54) is 12.1 Å². The fourth-order valence-electron chi connectivity index (χ4n) is 5.97. The van der Waals surface area contributed by atoms with Gasteiger partial charge in [-0.1, -0.05) is 34.1 Å². The van der Waals surface area contributed by atoms with Gasteiger partial charge in [-0.3, -0.25) is 14.3 Å². The van der Waals surface area contributed by atoms with E-state index in [2.05, 4.69) is 30.9 Å². The van der Waals surface area contributed by atoms with Gasteiger partial charge in [0, 0.05) is 53.9 Å². The standard InChI is InChI=1S/C32H31BrN4O5S/c1-42-26-10-5-21(6-11-26)17-34-32(39)23-7-14-30(28(16-23)35-43(40,41)27-12-8-25(33)9-13-27)36-18-22-15-24(20-36)29-3-2-4-31(38)37(29)19-22/h2-14,16,22,24,35H,15,17-20H2,1H3,(H,34,39)/t22-,24+/m1/s1. The molecule has 0 saturated carbocycles. The monoisotopic (exact) mass is 662 g/mol. The maximum absolute atomic E-state index is 13.5. The normalized spacial score (nSPS) is 17.6. The number of nitrogens with zero attached hydrogens (tertiary/aromatic N) is 2. The SMILES string of the molecule is COc1ccc(CNC(=O)c2ccc(N3C[C@H]4C[C@@H](C3)c3cccc(=O)n3C4)c(NS(=O)(=O)c3ccc(Br)cc3)c2)cc1. The molecule has 11 heteroatoms. The lowest BCUT2D eigenvalue weighted by Gasteiger charge is -2.44. The minimum atomic E-state index is -3.96.